The van der Waals surface area contributed by atoms with Crippen molar-refractivity contribution in [3.8, 4) is 0 Å². The van der Waals surface area contributed by atoms with Crippen LogP contribution in [0.4, 0.5) is 5.69 Å². The summed E-state index contributed by atoms with van der Waals surface area (Å²) in [6, 6.07) is 9.68. The van der Waals surface area contributed by atoms with E-state index in [1.54, 1.807) is 21.6 Å². The molecule has 0 fully saturated rings. The molecule has 1 aromatic heterocycles. The van der Waals surface area contributed by atoms with E-state index in [4.69, 9.17) is 0 Å². The molecule has 0 saturated carbocycles. The highest BCUT2D eigenvalue weighted by Gasteiger charge is 2.22. The van der Waals surface area contributed by atoms with E-state index in [1.165, 1.54) is 50.6 Å². The molecule has 1 N–H and O–H groups in total. The van der Waals surface area contributed by atoms with Crippen LogP contribution in [0.15, 0.2) is 29.6 Å². The summed E-state index contributed by atoms with van der Waals surface area (Å²) in [5.41, 5.74) is 6.10. The Kier molecular flexibility index (Phi) is 3.27. The van der Waals surface area contributed by atoms with Crippen molar-refractivity contribution in [1.29, 1.82) is 0 Å². The summed E-state index contributed by atoms with van der Waals surface area (Å²) >= 11 is 1.93. The predicted octanol–water partition coefficient (Wildman–Crippen LogP) is 5.12. The molecule has 2 aliphatic carbocycles. The minimum absolute atomic E-state index is 0.526. The third-order valence-corrected chi connectivity index (χ3v) is 5.77. The third-order valence-electron chi connectivity index (χ3n) is 4.78. The van der Waals surface area contributed by atoms with Crippen LogP contribution in [0.3, 0.4) is 0 Å². The van der Waals surface area contributed by atoms with Gasteiger partial charge < -0.3 is 5.32 Å². The van der Waals surface area contributed by atoms with Crippen molar-refractivity contribution in [1.82, 2.24) is 0 Å². The van der Waals surface area contributed by atoms with Crippen molar-refractivity contribution in [2.24, 2.45) is 0 Å². The van der Waals surface area contributed by atoms with Crippen molar-refractivity contribution in [2.75, 3.05) is 5.32 Å². The van der Waals surface area contributed by atoms with Gasteiger partial charge in [0, 0.05) is 10.6 Å². The van der Waals surface area contributed by atoms with Crippen molar-refractivity contribution >= 4 is 17.0 Å². The highest BCUT2D eigenvalue weighted by atomic mass is 32.1. The Morgan fingerprint density at radius 3 is 2.95 bits per heavy atom. The summed E-state index contributed by atoms with van der Waals surface area (Å²) in [4.78, 5) is 1.60. The second kappa shape index (κ2) is 5.25. The van der Waals surface area contributed by atoms with E-state index in [-0.39, 0.29) is 0 Å². The third kappa shape index (κ3) is 2.16. The maximum Gasteiger partial charge on any atom is 0.0525 e. The summed E-state index contributed by atoms with van der Waals surface area (Å²) in [7, 11) is 0. The summed E-state index contributed by atoms with van der Waals surface area (Å²) in [5.74, 6) is 0. The predicted molar refractivity (Wildman–Crippen MR) is 86.7 cm³/mol. The number of fused-ring (bicyclic) bond motifs is 2. The first kappa shape index (κ1) is 12.5. The maximum absolute atomic E-state index is 3.86. The number of hydrogen-bond donors (Lipinski definition) is 1. The maximum atomic E-state index is 3.86. The van der Waals surface area contributed by atoms with E-state index in [1.807, 2.05) is 11.3 Å². The lowest BCUT2D eigenvalue weighted by Gasteiger charge is -2.27. The Hall–Kier alpha value is -1.28. The van der Waals surface area contributed by atoms with Crippen molar-refractivity contribution in [3.05, 3.63) is 51.2 Å². The fourth-order valence-electron chi connectivity index (χ4n) is 3.74. The van der Waals surface area contributed by atoms with Crippen LogP contribution in [0.5, 0.6) is 0 Å². The number of anilines is 1. The van der Waals surface area contributed by atoms with Gasteiger partial charge in [0.05, 0.1) is 6.04 Å². The smallest absolute Gasteiger partial charge is 0.0525 e. The SMILES string of the molecule is c1cc2c(c(NC3CCCc4sccc43)c1)CCCC2. The molecular formula is C18H21NS. The molecule has 4 rings (SSSR count). The fraction of sp³-hybridized carbons (Fsp3) is 0.444. The molecule has 2 aliphatic rings. The Morgan fingerprint density at radius 1 is 1.00 bits per heavy atom. The van der Waals surface area contributed by atoms with Gasteiger partial charge >= 0.3 is 0 Å². The van der Waals surface area contributed by atoms with E-state index in [2.05, 4.69) is 35.0 Å². The topological polar surface area (TPSA) is 12.0 Å². The van der Waals surface area contributed by atoms with Crippen molar-refractivity contribution < 1.29 is 0 Å². The first-order chi connectivity index (χ1) is 9.92. The number of benzene rings is 1. The molecule has 1 atom stereocenters. The molecule has 0 aliphatic heterocycles. The van der Waals surface area contributed by atoms with Crippen LogP contribution in [0, 0.1) is 0 Å². The Bertz CT molecular complexity index is 614. The molecule has 20 heavy (non-hydrogen) atoms. The van der Waals surface area contributed by atoms with E-state index in [0.717, 1.165) is 0 Å². The minimum Gasteiger partial charge on any atom is -0.378 e. The van der Waals surface area contributed by atoms with Gasteiger partial charge in [-0.3, -0.25) is 0 Å². The number of aryl methyl sites for hydroxylation is 2. The van der Waals surface area contributed by atoms with Crippen LogP contribution in [0.2, 0.25) is 0 Å². The van der Waals surface area contributed by atoms with Gasteiger partial charge in [-0.15, -0.1) is 11.3 Å². The first-order valence-electron chi connectivity index (χ1n) is 7.85. The first-order valence-corrected chi connectivity index (χ1v) is 8.73. The highest BCUT2D eigenvalue weighted by molar-refractivity contribution is 7.10. The normalized spacial score (nSPS) is 21.1. The molecule has 0 radical (unpaired) electrons. The van der Waals surface area contributed by atoms with E-state index in [9.17, 15) is 0 Å². The van der Waals surface area contributed by atoms with Crippen LogP contribution >= 0.6 is 11.3 Å². The average Bonchev–Trinajstić information content (AvgIpc) is 2.97. The summed E-state index contributed by atoms with van der Waals surface area (Å²) < 4.78 is 0. The number of nitrogens with one attached hydrogen (secondary N) is 1. The quantitative estimate of drug-likeness (QED) is 0.807. The van der Waals surface area contributed by atoms with Crippen molar-refractivity contribution in [2.45, 2.75) is 51.0 Å². The Morgan fingerprint density at radius 2 is 1.95 bits per heavy atom. The minimum atomic E-state index is 0.526. The van der Waals surface area contributed by atoms with Gasteiger partial charge in [0.25, 0.3) is 0 Å². The molecule has 1 unspecified atom stereocenters. The second-order valence-electron chi connectivity index (χ2n) is 6.04. The molecule has 0 bridgehead atoms. The molecule has 2 aromatic rings. The molecule has 104 valence electrons. The van der Waals surface area contributed by atoms with Gasteiger partial charge in [-0.05, 0) is 79.1 Å². The van der Waals surface area contributed by atoms with Gasteiger partial charge in [0.1, 0.15) is 0 Å². The van der Waals surface area contributed by atoms with Gasteiger partial charge in [-0.2, -0.15) is 0 Å². The van der Waals surface area contributed by atoms with Crippen LogP contribution < -0.4 is 5.32 Å². The van der Waals surface area contributed by atoms with Crippen LogP contribution in [-0.2, 0) is 19.3 Å². The molecule has 0 saturated heterocycles. The monoisotopic (exact) mass is 283 g/mol. The van der Waals surface area contributed by atoms with Gasteiger partial charge in [0.15, 0.2) is 0 Å². The van der Waals surface area contributed by atoms with Crippen molar-refractivity contribution in [3.63, 3.8) is 0 Å². The zero-order valence-corrected chi connectivity index (χ0v) is 12.6. The second-order valence-corrected chi connectivity index (χ2v) is 7.04. The Balaban J connectivity index is 1.65. The van der Waals surface area contributed by atoms with Gasteiger partial charge in [-0.25, -0.2) is 0 Å². The molecule has 0 spiro atoms. The van der Waals surface area contributed by atoms with Crippen LogP contribution in [0.25, 0.3) is 0 Å². The summed E-state index contributed by atoms with van der Waals surface area (Å²) in [5, 5.41) is 6.11. The number of hydrogen-bond acceptors (Lipinski definition) is 2. The van der Waals surface area contributed by atoms with E-state index < -0.39 is 0 Å². The Labute approximate surface area is 125 Å². The zero-order chi connectivity index (χ0) is 13.4. The zero-order valence-electron chi connectivity index (χ0n) is 11.8. The van der Waals surface area contributed by atoms with Crippen LogP contribution in [-0.4, -0.2) is 0 Å². The molecule has 1 heterocycles. The molecule has 0 amide bonds. The lowest BCUT2D eigenvalue weighted by Crippen LogP contribution is -2.17. The van der Waals surface area contributed by atoms with Crippen LogP contribution in [0.1, 0.15) is 53.3 Å². The lowest BCUT2D eigenvalue weighted by atomic mass is 9.89. The lowest BCUT2D eigenvalue weighted by molar-refractivity contribution is 0.606. The summed E-state index contributed by atoms with van der Waals surface area (Å²) in [6.07, 6.45) is 9.08. The fourth-order valence-corrected chi connectivity index (χ4v) is 4.73. The molecule has 2 heteroatoms. The van der Waals surface area contributed by atoms with E-state index in [0.29, 0.717) is 6.04 Å². The number of thiophene rings is 1. The molecule has 1 nitrogen and oxygen atoms in total. The van der Waals surface area contributed by atoms with Gasteiger partial charge in [0.2, 0.25) is 0 Å². The highest BCUT2D eigenvalue weighted by Crippen LogP contribution is 2.37. The standard InChI is InChI=1S/C18H21NS/c1-2-7-14-13(5-1)6-3-8-16(14)19-17-9-4-10-18-15(17)11-12-20-18/h3,6,8,11-12,17,19H,1-2,4-5,7,9-10H2. The molecular weight excluding hydrogens is 262 g/mol. The molecule has 1 aromatic carbocycles. The average molecular weight is 283 g/mol. The largest absolute Gasteiger partial charge is 0.378 e. The summed E-state index contributed by atoms with van der Waals surface area (Å²) in [6.45, 7) is 0. The number of rotatable bonds is 2. The van der Waals surface area contributed by atoms with E-state index >= 15 is 0 Å². The van der Waals surface area contributed by atoms with Gasteiger partial charge in [-0.1, -0.05) is 12.1 Å².